The van der Waals surface area contributed by atoms with E-state index in [1.54, 1.807) is 12.3 Å². The highest BCUT2D eigenvalue weighted by molar-refractivity contribution is 7.72. The van der Waals surface area contributed by atoms with Gasteiger partial charge in [0.25, 0.3) is 0 Å². The molecule has 0 unspecified atom stereocenters. The number of hydrogen-bond donors (Lipinski definition) is 1. The van der Waals surface area contributed by atoms with Crippen LogP contribution in [0, 0.1) is 0 Å². The van der Waals surface area contributed by atoms with Gasteiger partial charge in [0.05, 0.1) is 6.20 Å². The molecular formula is C6H5N3O2S. The van der Waals surface area contributed by atoms with E-state index in [0.717, 1.165) is 0 Å². The van der Waals surface area contributed by atoms with Crippen LogP contribution in [0.5, 0.6) is 0 Å². The molecule has 0 saturated heterocycles. The highest BCUT2D eigenvalue weighted by Crippen LogP contribution is 2.06. The van der Waals surface area contributed by atoms with E-state index in [4.69, 9.17) is 0 Å². The van der Waals surface area contributed by atoms with Crippen LogP contribution < -0.4 is 0 Å². The van der Waals surface area contributed by atoms with Crippen LogP contribution in [-0.4, -0.2) is 23.0 Å². The molecule has 5 nitrogen and oxygen atoms in total. The molecule has 2 aromatic rings. The molecule has 2 heterocycles. The quantitative estimate of drug-likeness (QED) is 0.616. The van der Waals surface area contributed by atoms with E-state index < -0.39 is 10.7 Å². The highest BCUT2D eigenvalue weighted by atomic mass is 32.2. The van der Waals surface area contributed by atoms with Crippen molar-refractivity contribution >= 4 is 16.4 Å². The zero-order valence-electron chi connectivity index (χ0n) is 5.91. The summed E-state index contributed by atoms with van der Waals surface area (Å²) in [5, 5.41) is 3.81. The molecule has 2 aromatic heterocycles. The molecule has 12 heavy (non-hydrogen) atoms. The molecule has 0 atom stereocenters. The lowest BCUT2D eigenvalue weighted by Gasteiger charge is -1.88. The molecule has 0 fully saturated rings. The molecule has 62 valence electrons. The van der Waals surface area contributed by atoms with Crippen molar-refractivity contribution in [3.8, 4) is 0 Å². The van der Waals surface area contributed by atoms with Crippen molar-refractivity contribution in [3.63, 3.8) is 0 Å². The van der Waals surface area contributed by atoms with Gasteiger partial charge in [0.2, 0.25) is 0 Å². The minimum atomic E-state index is -2.60. The molecule has 0 aliphatic carbocycles. The van der Waals surface area contributed by atoms with E-state index in [1.165, 1.54) is 16.9 Å². The summed E-state index contributed by atoms with van der Waals surface area (Å²) >= 11 is 0. The monoisotopic (exact) mass is 183 g/mol. The smallest absolute Gasteiger partial charge is 0.173 e. The summed E-state index contributed by atoms with van der Waals surface area (Å²) in [5.74, 6) is 0. The third-order valence-electron chi connectivity index (χ3n) is 1.46. The average Bonchev–Trinajstić information content (AvgIpc) is 2.47. The van der Waals surface area contributed by atoms with Gasteiger partial charge in [0, 0.05) is 12.4 Å². The number of hydrogen-bond acceptors (Lipinski definition) is 4. The topological polar surface area (TPSA) is 64.3 Å². The Morgan fingerprint density at radius 3 is 3.00 bits per heavy atom. The molecule has 6 heteroatoms. The first-order chi connectivity index (χ1) is 5.79. The normalized spacial score (nSPS) is 11.1. The van der Waals surface area contributed by atoms with Crippen molar-refractivity contribution in [2.24, 2.45) is 0 Å². The summed E-state index contributed by atoms with van der Waals surface area (Å²) in [6.45, 7) is 0. The van der Waals surface area contributed by atoms with Crippen LogP contribution in [0.1, 0.15) is 0 Å². The van der Waals surface area contributed by atoms with Crippen molar-refractivity contribution in [3.05, 3.63) is 24.7 Å². The van der Waals surface area contributed by atoms with Gasteiger partial charge in [-0.25, -0.2) is 17.9 Å². The first-order valence-corrected chi connectivity index (χ1v) is 4.39. The largest absolute Gasteiger partial charge is 0.236 e. The third-order valence-corrected chi connectivity index (χ3v) is 2.17. The Morgan fingerprint density at radius 1 is 1.42 bits per heavy atom. The Kier molecular flexibility index (Phi) is 1.54. The molecule has 0 saturated carbocycles. The van der Waals surface area contributed by atoms with Gasteiger partial charge in [-0.2, -0.15) is 5.10 Å². The van der Waals surface area contributed by atoms with E-state index in [-0.39, 0.29) is 4.90 Å². The Labute approximate surface area is 69.6 Å². The van der Waals surface area contributed by atoms with Gasteiger partial charge in [0.15, 0.2) is 16.4 Å². The van der Waals surface area contributed by atoms with Crippen LogP contribution in [0.4, 0.5) is 0 Å². The van der Waals surface area contributed by atoms with Crippen LogP contribution in [-0.2, 0) is 10.7 Å². The summed E-state index contributed by atoms with van der Waals surface area (Å²) in [6.07, 6.45) is 4.46. The molecular weight excluding hydrogens is 178 g/mol. The summed E-state index contributed by atoms with van der Waals surface area (Å²) in [5.41, 5.74) is 0.369. The Balaban J connectivity index is 2.87. The van der Waals surface area contributed by atoms with Crippen molar-refractivity contribution in [2.75, 3.05) is 0 Å². The van der Waals surface area contributed by atoms with Crippen LogP contribution in [0.2, 0.25) is 0 Å². The van der Waals surface area contributed by atoms with Crippen LogP contribution in [0.15, 0.2) is 29.6 Å². The van der Waals surface area contributed by atoms with Gasteiger partial charge in [0.1, 0.15) is 4.90 Å². The molecule has 0 aliphatic heterocycles. The van der Waals surface area contributed by atoms with Gasteiger partial charge in [-0.15, -0.1) is 0 Å². The van der Waals surface area contributed by atoms with Crippen molar-refractivity contribution < 1.29 is 8.42 Å². The number of aromatic nitrogens is 3. The highest BCUT2D eigenvalue weighted by Gasteiger charge is 2.05. The molecule has 0 amide bonds. The second-order valence-electron chi connectivity index (χ2n) is 2.17. The van der Waals surface area contributed by atoms with Crippen molar-refractivity contribution in [1.82, 2.24) is 14.6 Å². The standard InChI is InChI=1S/C6H5N3O2S/c10-12(11)5-4-8-9-3-1-2-7-6(5)9/h1-4,12H. The summed E-state index contributed by atoms with van der Waals surface area (Å²) in [6, 6.07) is 1.68. The lowest BCUT2D eigenvalue weighted by atomic mass is 10.6. The van der Waals surface area contributed by atoms with E-state index in [9.17, 15) is 8.42 Å². The average molecular weight is 183 g/mol. The zero-order valence-corrected chi connectivity index (χ0v) is 6.81. The van der Waals surface area contributed by atoms with E-state index in [2.05, 4.69) is 10.1 Å². The maximum atomic E-state index is 10.6. The number of nitrogens with zero attached hydrogens (tertiary/aromatic N) is 3. The summed E-state index contributed by atoms with van der Waals surface area (Å²) < 4.78 is 22.7. The fourth-order valence-electron chi connectivity index (χ4n) is 0.943. The maximum absolute atomic E-state index is 10.6. The number of fused-ring (bicyclic) bond motifs is 1. The molecule has 0 bridgehead atoms. The summed E-state index contributed by atoms with van der Waals surface area (Å²) in [7, 11) is -2.60. The molecule has 0 aliphatic rings. The van der Waals surface area contributed by atoms with Gasteiger partial charge in [-0.1, -0.05) is 0 Å². The number of thiol groups is 1. The first-order valence-electron chi connectivity index (χ1n) is 3.22. The van der Waals surface area contributed by atoms with Crippen LogP contribution >= 0.6 is 0 Å². The Hall–Kier alpha value is -1.43. The van der Waals surface area contributed by atoms with Crippen molar-refractivity contribution in [2.45, 2.75) is 4.90 Å². The molecule has 0 spiro atoms. The van der Waals surface area contributed by atoms with Gasteiger partial charge >= 0.3 is 0 Å². The van der Waals surface area contributed by atoms with Gasteiger partial charge in [-0.05, 0) is 6.07 Å². The Morgan fingerprint density at radius 2 is 2.25 bits per heavy atom. The maximum Gasteiger partial charge on any atom is 0.173 e. The SMILES string of the molecule is O=[SH](=O)c1cnn2cccnc12. The fourth-order valence-corrected chi connectivity index (χ4v) is 1.41. The summed E-state index contributed by atoms with van der Waals surface area (Å²) in [4.78, 5) is 4.04. The third kappa shape index (κ3) is 0.964. The molecule has 0 N–H and O–H groups in total. The molecule has 0 radical (unpaired) electrons. The minimum absolute atomic E-state index is 0.158. The fraction of sp³-hybridized carbons (Fsp3) is 0. The first kappa shape index (κ1) is 7.23. The van der Waals surface area contributed by atoms with E-state index in [0.29, 0.717) is 5.65 Å². The van der Waals surface area contributed by atoms with Crippen LogP contribution in [0.3, 0.4) is 0 Å². The second-order valence-corrected chi connectivity index (χ2v) is 3.17. The molecule has 0 aromatic carbocycles. The predicted molar refractivity (Wildman–Crippen MR) is 41.6 cm³/mol. The Bertz CT molecular complexity index is 480. The van der Waals surface area contributed by atoms with Crippen molar-refractivity contribution in [1.29, 1.82) is 0 Å². The zero-order chi connectivity index (χ0) is 8.55. The van der Waals surface area contributed by atoms with E-state index >= 15 is 0 Å². The van der Waals surface area contributed by atoms with Crippen LogP contribution in [0.25, 0.3) is 5.65 Å². The second kappa shape index (κ2) is 2.56. The number of rotatable bonds is 1. The van der Waals surface area contributed by atoms with E-state index in [1.807, 2.05) is 0 Å². The van der Waals surface area contributed by atoms with Gasteiger partial charge in [-0.3, -0.25) is 0 Å². The lowest BCUT2D eigenvalue weighted by molar-refractivity contribution is 0.615. The predicted octanol–water partition coefficient (Wildman–Crippen LogP) is -0.300. The van der Waals surface area contributed by atoms with Gasteiger partial charge < -0.3 is 0 Å². The molecule has 2 rings (SSSR count). The lowest BCUT2D eigenvalue weighted by Crippen LogP contribution is -1.88. The minimum Gasteiger partial charge on any atom is -0.236 e.